The molecule has 0 saturated heterocycles. The maximum Gasteiger partial charge on any atom is 0.306 e. The Kier molecular flexibility index (Phi) is 40.5. The van der Waals surface area contributed by atoms with E-state index in [1.54, 1.807) is 0 Å². The Bertz CT molecular complexity index is 619. The van der Waals surface area contributed by atoms with Gasteiger partial charge in [0.05, 0.1) is 13.2 Å². The van der Waals surface area contributed by atoms with Gasteiger partial charge in [-0.3, -0.25) is 4.79 Å². The molecule has 280 valence electrons. The van der Waals surface area contributed by atoms with Crippen molar-refractivity contribution in [2.24, 2.45) is 0 Å². The molecule has 0 heterocycles. The van der Waals surface area contributed by atoms with Crippen LogP contribution in [0.2, 0.25) is 0 Å². The highest BCUT2D eigenvalue weighted by Crippen LogP contribution is 2.16. The minimum atomic E-state index is -0.532. The summed E-state index contributed by atoms with van der Waals surface area (Å²) in [6, 6.07) is 0. The molecule has 1 atom stereocenters. The second-order valence-corrected chi connectivity index (χ2v) is 14.4. The molecule has 0 aromatic heterocycles. The van der Waals surface area contributed by atoms with Gasteiger partial charge in [0.1, 0.15) is 6.10 Å². The number of hydrogen-bond donors (Lipinski definition) is 1. The maximum atomic E-state index is 12.2. The smallest absolute Gasteiger partial charge is 0.306 e. The molecule has 1 unspecified atom stereocenters. The first kappa shape index (κ1) is 46.1. The molecule has 0 aliphatic heterocycles. The van der Waals surface area contributed by atoms with Crippen LogP contribution in [0.3, 0.4) is 0 Å². The fourth-order valence-electron chi connectivity index (χ4n) is 6.38. The summed E-state index contributed by atoms with van der Waals surface area (Å²) in [6.45, 7) is 5.36. The van der Waals surface area contributed by atoms with Crippen molar-refractivity contribution in [2.75, 3.05) is 19.8 Å². The second-order valence-electron chi connectivity index (χ2n) is 14.4. The van der Waals surface area contributed by atoms with Crippen LogP contribution >= 0.6 is 0 Å². The number of hydrogen-bond acceptors (Lipinski definition) is 4. The number of unbranched alkanes of at least 4 members (excludes halogenated alkanes) is 30. The van der Waals surface area contributed by atoms with Crippen molar-refractivity contribution in [3.8, 4) is 0 Å². The molecule has 0 spiro atoms. The van der Waals surface area contributed by atoms with Gasteiger partial charge in [-0.25, -0.2) is 0 Å². The first-order valence-corrected chi connectivity index (χ1v) is 21.3. The summed E-state index contributed by atoms with van der Waals surface area (Å²) in [6.07, 6.45) is 48.5. The molecule has 0 saturated carbocycles. The van der Waals surface area contributed by atoms with E-state index >= 15 is 0 Å². The molecule has 0 bridgehead atoms. The molecule has 0 amide bonds. The van der Waals surface area contributed by atoms with Crippen molar-refractivity contribution >= 4 is 5.97 Å². The van der Waals surface area contributed by atoms with E-state index in [1.807, 2.05) is 0 Å². The summed E-state index contributed by atoms with van der Waals surface area (Å²) in [5.41, 5.74) is 0. The largest absolute Gasteiger partial charge is 0.457 e. The maximum absolute atomic E-state index is 12.2. The van der Waals surface area contributed by atoms with Gasteiger partial charge < -0.3 is 14.6 Å². The zero-order chi connectivity index (χ0) is 34.1. The molecule has 0 aliphatic carbocycles. The van der Waals surface area contributed by atoms with Crippen molar-refractivity contribution in [1.29, 1.82) is 0 Å². The average Bonchev–Trinajstić information content (AvgIpc) is 3.08. The predicted molar refractivity (Wildman–Crippen MR) is 205 cm³/mol. The van der Waals surface area contributed by atoms with Crippen molar-refractivity contribution in [1.82, 2.24) is 0 Å². The molecule has 4 heteroatoms. The molecule has 0 radical (unpaired) electrons. The minimum Gasteiger partial charge on any atom is -0.457 e. The van der Waals surface area contributed by atoms with E-state index in [0.29, 0.717) is 19.6 Å². The highest BCUT2D eigenvalue weighted by Gasteiger charge is 2.13. The zero-order valence-electron chi connectivity index (χ0n) is 32.1. The molecule has 47 heavy (non-hydrogen) atoms. The highest BCUT2D eigenvalue weighted by molar-refractivity contribution is 5.69. The monoisotopic (exact) mass is 665 g/mol. The van der Waals surface area contributed by atoms with Crippen LogP contribution in [0.25, 0.3) is 0 Å². The zero-order valence-corrected chi connectivity index (χ0v) is 32.1. The van der Waals surface area contributed by atoms with Gasteiger partial charge in [-0.1, -0.05) is 199 Å². The standard InChI is InChI=1S/C43H84O4/c1-3-5-7-9-11-13-15-17-18-19-20-21-22-23-24-25-27-29-31-33-35-37-39-46-41-42(40-44)47-43(45)38-36-34-32-30-28-26-16-14-12-10-8-6-4-2/h14,16,42,44H,3-13,15,17-41H2,1-2H3/b16-14-. The summed E-state index contributed by atoms with van der Waals surface area (Å²) in [7, 11) is 0. The van der Waals surface area contributed by atoms with Crippen molar-refractivity contribution in [2.45, 2.75) is 238 Å². The first-order chi connectivity index (χ1) is 23.2. The van der Waals surface area contributed by atoms with Gasteiger partial charge in [0, 0.05) is 13.0 Å². The lowest BCUT2D eigenvalue weighted by molar-refractivity contribution is -0.154. The first-order valence-electron chi connectivity index (χ1n) is 21.3. The molecule has 0 aromatic rings. The Labute approximate surface area is 295 Å². The Morgan fingerprint density at radius 3 is 1.23 bits per heavy atom. The topological polar surface area (TPSA) is 55.8 Å². The Hall–Kier alpha value is -0.870. The SMILES string of the molecule is CCCCCC/C=C\CCCCCCCC(=O)OC(CO)COCCCCCCCCCCCCCCCCCCCCCCCC. The van der Waals surface area contributed by atoms with Crippen LogP contribution < -0.4 is 0 Å². The summed E-state index contributed by atoms with van der Waals surface area (Å²) < 4.78 is 11.1. The predicted octanol–water partition coefficient (Wildman–Crippen LogP) is 13.8. The molecular weight excluding hydrogens is 580 g/mol. The number of carbonyl (C=O) groups is 1. The molecule has 1 N–H and O–H groups in total. The quantitative estimate of drug-likeness (QED) is 0.0402. The average molecular weight is 665 g/mol. The molecule has 4 nitrogen and oxygen atoms in total. The number of allylic oxidation sites excluding steroid dienone is 2. The van der Waals surface area contributed by atoms with E-state index in [4.69, 9.17) is 9.47 Å². The third kappa shape index (κ3) is 39.5. The lowest BCUT2D eigenvalue weighted by Crippen LogP contribution is -2.27. The fourth-order valence-corrected chi connectivity index (χ4v) is 6.38. The molecular formula is C43H84O4. The Morgan fingerprint density at radius 2 is 0.830 bits per heavy atom. The summed E-state index contributed by atoms with van der Waals surface area (Å²) in [5, 5.41) is 9.58. The summed E-state index contributed by atoms with van der Waals surface area (Å²) in [5.74, 6) is -0.206. The molecule has 0 fully saturated rings. The third-order valence-electron chi connectivity index (χ3n) is 9.59. The van der Waals surface area contributed by atoms with Gasteiger partial charge in [-0.15, -0.1) is 0 Å². The fraction of sp³-hybridized carbons (Fsp3) is 0.930. The van der Waals surface area contributed by atoms with E-state index in [9.17, 15) is 9.90 Å². The Balaban J connectivity index is 3.35. The number of aliphatic hydroxyl groups is 1. The number of aliphatic hydroxyl groups excluding tert-OH is 1. The van der Waals surface area contributed by atoms with E-state index in [2.05, 4.69) is 26.0 Å². The van der Waals surface area contributed by atoms with Crippen LogP contribution in [0.5, 0.6) is 0 Å². The van der Waals surface area contributed by atoms with Gasteiger partial charge in [0.25, 0.3) is 0 Å². The number of rotatable bonds is 40. The van der Waals surface area contributed by atoms with Crippen LogP contribution in [0, 0.1) is 0 Å². The van der Waals surface area contributed by atoms with E-state index < -0.39 is 6.10 Å². The minimum absolute atomic E-state index is 0.169. The van der Waals surface area contributed by atoms with Crippen LogP contribution in [-0.2, 0) is 14.3 Å². The van der Waals surface area contributed by atoms with Gasteiger partial charge in [0.15, 0.2) is 0 Å². The van der Waals surface area contributed by atoms with Gasteiger partial charge in [0.2, 0.25) is 0 Å². The van der Waals surface area contributed by atoms with Gasteiger partial charge in [-0.2, -0.15) is 0 Å². The number of ether oxygens (including phenoxy) is 2. The van der Waals surface area contributed by atoms with E-state index in [0.717, 1.165) is 19.3 Å². The number of esters is 1. The molecule has 0 aliphatic rings. The van der Waals surface area contributed by atoms with Crippen LogP contribution in [0.4, 0.5) is 0 Å². The molecule has 0 aromatic carbocycles. The van der Waals surface area contributed by atoms with E-state index in [-0.39, 0.29) is 12.6 Å². The van der Waals surface area contributed by atoms with Gasteiger partial charge in [-0.05, 0) is 38.5 Å². The number of carbonyl (C=O) groups excluding carboxylic acids is 1. The summed E-state index contributed by atoms with van der Waals surface area (Å²) in [4.78, 5) is 12.2. The van der Waals surface area contributed by atoms with Gasteiger partial charge >= 0.3 is 5.97 Å². The molecule has 0 rings (SSSR count). The Morgan fingerprint density at radius 1 is 0.489 bits per heavy atom. The second kappa shape index (κ2) is 41.3. The lowest BCUT2D eigenvalue weighted by Gasteiger charge is -2.15. The normalized spacial score (nSPS) is 12.3. The summed E-state index contributed by atoms with van der Waals surface area (Å²) >= 11 is 0. The van der Waals surface area contributed by atoms with Crippen molar-refractivity contribution in [3.63, 3.8) is 0 Å². The van der Waals surface area contributed by atoms with Crippen LogP contribution in [0.15, 0.2) is 12.2 Å². The van der Waals surface area contributed by atoms with Crippen LogP contribution in [0.1, 0.15) is 232 Å². The van der Waals surface area contributed by atoms with Crippen molar-refractivity contribution in [3.05, 3.63) is 12.2 Å². The highest BCUT2D eigenvalue weighted by atomic mass is 16.6. The van der Waals surface area contributed by atoms with Crippen molar-refractivity contribution < 1.29 is 19.4 Å². The lowest BCUT2D eigenvalue weighted by atomic mass is 10.0. The third-order valence-corrected chi connectivity index (χ3v) is 9.59. The van der Waals surface area contributed by atoms with E-state index in [1.165, 1.54) is 193 Å². The van der Waals surface area contributed by atoms with Crippen LogP contribution in [-0.4, -0.2) is 37.0 Å².